The van der Waals surface area contributed by atoms with Crippen molar-refractivity contribution in [1.29, 1.82) is 0 Å². The van der Waals surface area contributed by atoms with Gasteiger partial charge >= 0.3 is 0 Å². The van der Waals surface area contributed by atoms with Gasteiger partial charge in [0.1, 0.15) is 5.75 Å². The molecular formula is C15H21N3O3. The summed E-state index contributed by atoms with van der Waals surface area (Å²) in [5.41, 5.74) is 0.902. The molecule has 114 valence electrons. The smallest absolute Gasteiger partial charge is 0.253 e. The molecule has 2 amide bonds. The number of anilines is 1. The van der Waals surface area contributed by atoms with Crippen LogP contribution < -0.4 is 20.7 Å². The second kappa shape index (κ2) is 7.08. The number of methoxy groups -OCH3 is 1. The normalized spacial score (nSPS) is 17.9. The molecule has 1 saturated heterocycles. The van der Waals surface area contributed by atoms with Crippen molar-refractivity contribution in [3.8, 4) is 5.75 Å². The van der Waals surface area contributed by atoms with Gasteiger partial charge in [-0.2, -0.15) is 0 Å². The fraction of sp³-hybridized carbons (Fsp3) is 0.467. The molecule has 1 heterocycles. The maximum atomic E-state index is 12.3. The third kappa shape index (κ3) is 3.72. The van der Waals surface area contributed by atoms with E-state index in [1.807, 2.05) is 0 Å². The van der Waals surface area contributed by atoms with Crippen LogP contribution in [-0.4, -0.2) is 39.1 Å². The van der Waals surface area contributed by atoms with Crippen LogP contribution in [0.25, 0.3) is 0 Å². The van der Waals surface area contributed by atoms with Gasteiger partial charge in [-0.3, -0.25) is 9.59 Å². The molecule has 0 radical (unpaired) electrons. The monoisotopic (exact) mass is 291 g/mol. The molecule has 1 aromatic carbocycles. The number of benzene rings is 1. The first-order valence-electron chi connectivity index (χ1n) is 7.07. The van der Waals surface area contributed by atoms with Crippen molar-refractivity contribution in [3.63, 3.8) is 0 Å². The van der Waals surface area contributed by atoms with E-state index in [0.29, 0.717) is 23.5 Å². The van der Waals surface area contributed by atoms with Crippen LogP contribution in [0.4, 0.5) is 5.69 Å². The van der Waals surface area contributed by atoms with Crippen molar-refractivity contribution < 1.29 is 14.3 Å². The predicted octanol–water partition coefficient (Wildman–Crippen LogP) is 0.993. The molecule has 1 atom stereocenters. The standard InChI is InChI=1S/C15H21N3O3/c1-16-15(20)12-8-11(21-2)5-6-13(12)18-14(19)10-4-3-7-17-9-10/h5-6,8,10,17H,3-4,7,9H2,1-2H3,(H,16,20)(H,18,19). The highest BCUT2D eigenvalue weighted by Crippen LogP contribution is 2.23. The molecule has 0 bridgehead atoms. The minimum atomic E-state index is -0.258. The molecule has 0 aliphatic carbocycles. The largest absolute Gasteiger partial charge is 0.497 e. The van der Waals surface area contributed by atoms with Gasteiger partial charge in [0.15, 0.2) is 0 Å². The van der Waals surface area contributed by atoms with Gasteiger partial charge in [0, 0.05) is 13.6 Å². The van der Waals surface area contributed by atoms with Crippen molar-refractivity contribution >= 4 is 17.5 Å². The van der Waals surface area contributed by atoms with Gasteiger partial charge in [-0.15, -0.1) is 0 Å². The van der Waals surface area contributed by atoms with E-state index in [0.717, 1.165) is 19.4 Å². The second-order valence-corrected chi connectivity index (χ2v) is 5.02. The second-order valence-electron chi connectivity index (χ2n) is 5.02. The Morgan fingerprint density at radius 3 is 2.81 bits per heavy atom. The Labute approximate surface area is 124 Å². The zero-order valence-electron chi connectivity index (χ0n) is 12.4. The van der Waals surface area contributed by atoms with E-state index in [9.17, 15) is 9.59 Å². The molecule has 1 aliphatic rings. The highest BCUT2D eigenvalue weighted by molar-refractivity contribution is 6.04. The highest BCUT2D eigenvalue weighted by atomic mass is 16.5. The number of rotatable bonds is 4. The summed E-state index contributed by atoms with van der Waals surface area (Å²) in [5.74, 6) is 0.202. The number of carbonyl (C=O) groups excluding carboxylic acids is 2. The van der Waals surface area contributed by atoms with Gasteiger partial charge < -0.3 is 20.7 Å². The molecule has 0 spiro atoms. The molecular weight excluding hydrogens is 270 g/mol. The van der Waals surface area contributed by atoms with Gasteiger partial charge in [0.05, 0.1) is 24.3 Å². The summed E-state index contributed by atoms with van der Waals surface area (Å²) in [6.07, 6.45) is 1.85. The van der Waals surface area contributed by atoms with E-state index in [1.54, 1.807) is 25.2 Å². The van der Waals surface area contributed by atoms with Gasteiger partial charge in [0.2, 0.25) is 5.91 Å². The number of piperidine rings is 1. The number of amides is 2. The summed E-state index contributed by atoms with van der Waals surface area (Å²) < 4.78 is 5.12. The first-order chi connectivity index (χ1) is 10.2. The molecule has 3 N–H and O–H groups in total. The predicted molar refractivity (Wildman–Crippen MR) is 80.6 cm³/mol. The van der Waals surface area contributed by atoms with Crippen LogP contribution in [0.15, 0.2) is 18.2 Å². The number of hydrogen-bond donors (Lipinski definition) is 3. The fourth-order valence-electron chi connectivity index (χ4n) is 2.39. The minimum absolute atomic E-state index is 0.0570. The number of ether oxygens (including phenoxy) is 1. The molecule has 1 aliphatic heterocycles. The summed E-state index contributed by atoms with van der Waals surface area (Å²) in [6, 6.07) is 5.03. The summed E-state index contributed by atoms with van der Waals surface area (Å²) in [6.45, 7) is 1.63. The topological polar surface area (TPSA) is 79.5 Å². The third-order valence-corrected chi connectivity index (χ3v) is 3.62. The maximum absolute atomic E-state index is 12.3. The van der Waals surface area contributed by atoms with Crippen LogP contribution in [0.5, 0.6) is 5.75 Å². The van der Waals surface area contributed by atoms with Crippen LogP contribution >= 0.6 is 0 Å². The quantitative estimate of drug-likeness (QED) is 0.773. The van der Waals surface area contributed by atoms with Crippen molar-refractivity contribution in [2.75, 3.05) is 32.6 Å². The van der Waals surface area contributed by atoms with Gasteiger partial charge in [-0.05, 0) is 37.6 Å². The summed E-state index contributed by atoms with van der Waals surface area (Å²) >= 11 is 0. The molecule has 1 fully saturated rings. The van der Waals surface area contributed by atoms with Gasteiger partial charge in [-0.1, -0.05) is 0 Å². The maximum Gasteiger partial charge on any atom is 0.253 e. The van der Waals surface area contributed by atoms with Gasteiger partial charge in [0.25, 0.3) is 5.91 Å². The van der Waals surface area contributed by atoms with E-state index in [4.69, 9.17) is 4.74 Å². The first kappa shape index (κ1) is 15.3. The van der Waals surface area contributed by atoms with E-state index < -0.39 is 0 Å². The van der Waals surface area contributed by atoms with Crippen LogP contribution in [-0.2, 0) is 4.79 Å². The zero-order valence-corrected chi connectivity index (χ0v) is 12.4. The Morgan fingerprint density at radius 1 is 1.38 bits per heavy atom. The van der Waals surface area contributed by atoms with Crippen molar-refractivity contribution in [3.05, 3.63) is 23.8 Å². The summed E-state index contributed by atoms with van der Waals surface area (Å²) in [4.78, 5) is 24.2. The lowest BCUT2D eigenvalue weighted by Gasteiger charge is -2.22. The van der Waals surface area contributed by atoms with Crippen LogP contribution in [0.1, 0.15) is 23.2 Å². The average molecular weight is 291 g/mol. The molecule has 0 saturated carbocycles. The molecule has 21 heavy (non-hydrogen) atoms. The Bertz CT molecular complexity index is 525. The molecule has 6 heteroatoms. The lowest BCUT2D eigenvalue weighted by Crippen LogP contribution is -2.37. The molecule has 1 unspecified atom stereocenters. The first-order valence-corrected chi connectivity index (χ1v) is 7.07. The van der Waals surface area contributed by atoms with Crippen molar-refractivity contribution in [2.24, 2.45) is 5.92 Å². The molecule has 2 rings (SSSR count). The Balaban J connectivity index is 2.18. The van der Waals surface area contributed by atoms with Crippen LogP contribution in [0.2, 0.25) is 0 Å². The van der Waals surface area contributed by atoms with E-state index in [1.165, 1.54) is 7.11 Å². The lowest BCUT2D eigenvalue weighted by atomic mass is 9.98. The molecule has 1 aromatic rings. The van der Waals surface area contributed by atoms with Gasteiger partial charge in [-0.25, -0.2) is 0 Å². The fourth-order valence-corrected chi connectivity index (χ4v) is 2.39. The van der Waals surface area contributed by atoms with E-state index in [2.05, 4.69) is 16.0 Å². The van der Waals surface area contributed by atoms with Crippen molar-refractivity contribution in [1.82, 2.24) is 10.6 Å². The van der Waals surface area contributed by atoms with E-state index in [-0.39, 0.29) is 17.7 Å². The Kier molecular flexibility index (Phi) is 5.16. The lowest BCUT2D eigenvalue weighted by molar-refractivity contribution is -0.120. The van der Waals surface area contributed by atoms with Crippen LogP contribution in [0, 0.1) is 5.92 Å². The number of hydrogen-bond acceptors (Lipinski definition) is 4. The Hall–Kier alpha value is -2.08. The van der Waals surface area contributed by atoms with E-state index >= 15 is 0 Å². The average Bonchev–Trinajstić information content (AvgIpc) is 2.55. The van der Waals surface area contributed by atoms with Crippen molar-refractivity contribution in [2.45, 2.75) is 12.8 Å². The zero-order chi connectivity index (χ0) is 15.2. The Morgan fingerprint density at radius 2 is 2.19 bits per heavy atom. The number of carbonyl (C=O) groups is 2. The minimum Gasteiger partial charge on any atom is -0.497 e. The third-order valence-electron chi connectivity index (χ3n) is 3.62. The highest BCUT2D eigenvalue weighted by Gasteiger charge is 2.22. The van der Waals surface area contributed by atoms with Crippen LogP contribution in [0.3, 0.4) is 0 Å². The molecule has 0 aromatic heterocycles. The molecule has 6 nitrogen and oxygen atoms in total. The summed E-state index contributed by atoms with van der Waals surface area (Å²) in [7, 11) is 3.09. The summed E-state index contributed by atoms with van der Waals surface area (Å²) in [5, 5.41) is 8.63. The SMILES string of the molecule is CNC(=O)c1cc(OC)ccc1NC(=O)C1CCCNC1. The number of nitrogens with one attached hydrogen (secondary N) is 3.